The second kappa shape index (κ2) is 11.2. The molecule has 2 aliphatic heterocycles. The lowest BCUT2D eigenvalue weighted by Gasteiger charge is -2.37. The summed E-state index contributed by atoms with van der Waals surface area (Å²) in [6.45, 7) is 6.76. The van der Waals surface area contributed by atoms with Gasteiger partial charge in [0.25, 0.3) is 0 Å². The Morgan fingerprint density at radius 2 is 2.05 bits per heavy atom. The van der Waals surface area contributed by atoms with E-state index in [2.05, 4.69) is 21.9 Å². The van der Waals surface area contributed by atoms with Crippen molar-refractivity contribution in [1.82, 2.24) is 19.2 Å². The molecule has 0 spiro atoms. The number of anilines is 1. The summed E-state index contributed by atoms with van der Waals surface area (Å²) >= 11 is 0. The van der Waals surface area contributed by atoms with E-state index in [4.69, 9.17) is 4.98 Å². The maximum Gasteiger partial charge on any atom is 0.211 e. The van der Waals surface area contributed by atoms with E-state index in [1.54, 1.807) is 6.20 Å². The average Bonchev–Trinajstić information content (AvgIpc) is 3.31. The van der Waals surface area contributed by atoms with Gasteiger partial charge in [-0.05, 0) is 37.0 Å². The van der Waals surface area contributed by atoms with Crippen LogP contribution in [-0.2, 0) is 10.0 Å². The molecule has 202 valence electrons. The topological polar surface area (TPSA) is 111 Å². The molecule has 2 aromatic rings. The Morgan fingerprint density at radius 1 is 1.32 bits per heavy atom. The van der Waals surface area contributed by atoms with E-state index in [0.29, 0.717) is 24.5 Å². The number of hydrogen-bond donors (Lipinski definition) is 2. The van der Waals surface area contributed by atoms with E-state index in [9.17, 15) is 13.5 Å². The van der Waals surface area contributed by atoms with Crippen molar-refractivity contribution < 1.29 is 13.5 Å². The van der Waals surface area contributed by atoms with Crippen molar-refractivity contribution in [1.29, 1.82) is 0 Å². The second-order valence-corrected chi connectivity index (χ2v) is 12.2. The summed E-state index contributed by atoms with van der Waals surface area (Å²) in [5.74, 6) is 1.15. The number of nitrogens with one attached hydrogen (secondary N) is 1. The summed E-state index contributed by atoms with van der Waals surface area (Å²) in [5.41, 5.74) is 3.50. The molecule has 2 N–H and O–H groups in total. The van der Waals surface area contributed by atoms with Crippen LogP contribution in [0.2, 0.25) is 0 Å². The standard InChI is InChI=1S/C28H36N6O3S/c1-6-21(18-33(3)4)22-8-7-9-23(15-22)26-30-17-25(24-14-20(2)29-16-24)27(32-26)31-19-28(35)10-12-34(13-11-28)38(5,36)37/h6-9,14-18,20,35H,1,10-13,19H2,2-5H3,(H,30,31,32)/b21-18+. The normalized spacial score (nSPS) is 19.8. The fourth-order valence-electron chi connectivity index (χ4n) is 4.59. The van der Waals surface area contributed by atoms with Gasteiger partial charge in [0.1, 0.15) is 5.82 Å². The maximum absolute atomic E-state index is 11.9. The lowest BCUT2D eigenvalue weighted by Crippen LogP contribution is -2.49. The van der Waals surface area contributed by atoms with Gasteiger partial charge in [0.15, 0.2) is 5.82 Å². The fourth-order valence-corrected chi connectivity index (χ4v) is 5.44. The summed E-state index contributed by atoms with van der Waals surface area (Å²) < 4.78 is 25.2. The van der Waals surface area contributed by atoms with Crippen LogP contribution in [0.1, 0.15) is 30.9 Å². The molecule has 38 heavy (non-hydrogen) atoms. The Bertz CT molecular complexity index is 1390. The van der Waals surface area contributed by atoms with Crippen LogP contribution in [0.3, 0.4) is 0 Å². The van der Waals surface area contributed by atoms with E-state index in [0.717, 1.165) is 27.8 Å². The molecule has 1 aromatic carbocycles. The smallest absolute Gasteiger partial charge is 0.211 e. The van der Waals surface area contributed by atoms with Crippen molar-refractivity contribution in [2.75, 3.05) is 45.3 Å². The van der Waals surface area contributed by atoms with Gasteiger partial charge in [-0.3, -0.25) is 4.99 Å². The predicted octanol–water partition coefficient (Wildman–Crippen LogP) is 3.29. The molecule has 3 heterocycles. The number of nitrogens with zero attached hydrogens (tertiary/aromatic N) is 5. The van der Waals surface area contributed by atoms with Crippen molar-refractivity contribution in [3.63, 3.8) is 0 Å². The second-order valence-electron chi connectivity index (χ2n) is 10.2. The van der Waals surface area contributed by atoms with Crippen LogP contribution in [0.25, 0.3) is 22.5 Å². The fraction of sp³-hybridized carbons (Fsp3) is 0.393. The molecular weight excluding hydrogens is 500 g/mol. The number of aromatic nitrogens is 2. The lowest BCUT2D eigenvalue weighted by molar-refractivity contribution is 0.00722. The van der Waals surface area contributed by atoms with Gasteiger partial charge in [0.05, 0.1) is 17.9 Å². The first-order chi connectivity index (χ1) is 18.0. The number of hydrogen-bond acceptors (Lipinski definition) is 8. The first kappa shape index (κ1) is 27.7. The van der Waals surface area contributed by atoms with Crippen molar-refractivity contribution in [3.05, 3.63) is 66.5 Å². The highest BCUT2D eigenvalue weighted by molar-refractivity contribution is 7.88. The number of rotatable bonds is 9. The third-order valence-corrected chi connectivity index (χ3v) is 8.05. The first-order valence-electron chi connectivity index (χ1n) is 12.6. The predicted molar refractivity (Wildman–Crippen MR) is 154 cm³/mol. The number of allylic oxidation sites excluding steroid dienone is 3. The number of aliphatic imine (C=N–C) groups is 1. The number of sulfonamides is 1. The first-order valence-corrected chi connectivity index (χ1v) is 14.5. The van der Waals surface area contributed by atoms with Gasteiger partial charge < -0.3 is 15.3 Å². The number of piperidine rings is 1. The summed E-state index contributed by atoms with van der Waals surface area (Å²) in [4.78, 5) is 16.0. The van der Waals surface area contributed by atoms with Gasteiger partial charge in [-0.25, -0.2) is 22.7 Å². The molecular formula is C28H36N6O3S. The quantitative estimate of drug-likeness (QED) is 0.473. The van der Waals surface area contributed by atoms with Crippen molar-refractivity contribution in [2.24, 2.45) is 4.99 Å². The Hall–Kier alpha value is -3.34. The minimum Gasteiger partial charge on any atom is -0.388 e. The Labute approximate surface area is 225 Å². The van der Waals surface area contributed by atoms with Crippen LogP contribution < -0.4 is 5.32 Å². The molecule has 0 aliphatic carbocycles. The highest BCUT2D eigenvalue weighted by Crippen LogP contribution is 2.30. The maximum atomic E-state index is 11.9. The summed E-state index contributed by atoms with van der Waals surface area (Å²) in [7, 11) is 0.658. The monoisotopic (exact) mass is 536 g/mol. The van der Waals surface area contributed by atoms with Crippen LogP contribution in [-0.4, -0.2) is 90.5 Å². The Morgan fingerprint density at radius 3 is 2.66 bits per heavy atom. The van der Waals surface area contributed by atoms with Crippen molar-refractivity contribution >= 4 is 33.2 Å². The third-order valence-electron chi connectivity index (χ3n) is 6.75. The molecule has 1 fully saturated rings. The SMILES string of the molecule is C=C/C(=C\N(C)C)c1cccc(-c2ncc(C3=CC(C)N=C3)c(NCC3(O)CCN(S(C)(=O)=O)CC3)n2)c1. The van der Waals surface area contributed by atoms with E-state index in [-0.39, 0.29) is 25.7 Å². The van der Waals surface area contributed by atoms with Gasteiger partial charge >= 0.3 is 0 Å². The molecule has 4 rings (SSSR count). The minimum atomic E-state index is -3.27. The Balaban J connectivity index is 1.63. The summed E-state index contributed by atoms with van der Waals surface area (Å²) in [6.07, 6.45) is 11.4. The van der Waals surface area contributed by atoms with Gasteiger partial charge in [-0.15, -0.1) is 0 Å². The zero-order valence-corrected chi connectivity index (χ0v) is 23.2. The number of benzene rings is 1. The molecule has 10 heteroatoms. The van der Waals surface area contributed by atoms with Gasteiger partial charge in [-0.2, -0.15) is 0 Å². The lowest BCUT2D eigenvalue weighted by atomic mass is 9.92. The van der Waals surface area contributed by atoms with Gasteiger partial charge in [0, 0.05) is 69.0 Å². The summed E-state index contributed by atoms with van der Waals surface area (Å²) in [5, 5.41) is 14.6. The zero-order chi connectivity index (χ0) is 27.5. The van der Waals surface area contributed by atoms with E-state index in [1.165, 1.54) is 10.6 Å². The highest BCUT2D eigenvalue weighted by Gasteiger charge is 2.35. The van der Waals surface area contributed by atoms with Crippen molar-refractivity contribution in [2.45, 2.75) is 31.4 Å². The van der Waals surface area contributed by atoms with Gasteiger partial charge in [0.2, 0.25) is 10.0 Å². The zero-order valence-electron chi connectivity index (χ0n) is 22.4. The highest BCUT2D eigenvalue weighted by atomic mass is 32.2. The molecule has 9 nitrogen and oxygen atoms in total. The van der Waals surface area contributed by atoms with Crippen LogP contribution >= 0.6 is 0 Å². The van der Waals surface area contributed by atoms with Crippen LogP contribution in [0.15, 0.2) is 60.4 Å². The van der Waals surface area contributed by atoms with Crippen molar-refractivity contribution in [3.8, 4) is 11.4 Å². The van der Waals surface area contributed by atoms with E-state index < -0.39 is 15.6 Å². The molecule has 1 aromatic heterocycles. The average molecular weight is 537 g/mol. The largest absolute Gasteiger partial charge is 0.388 e. The molecule has 0 saturated carbocycles. The molecule has 0 amide bonds. The third kappa shape index (κ3) is 6.56. The Kier molecular flexibility index (Phi) is 8.15. The molecule has 2 aliphatic rings. The van der Waals surface area contributed by atoms with Gasteiger partial charge in [-0.1, -0.05) is 36.9 Å². The van der Waals surface area contributed by atoms with Crippen LogP contribution in [0.4, 0.5) is 5.82 Å². The van der Waals surface area contributed by atoms with Crippen LogP contribution in [0.5, 0.6) is 0 Å². The van der Waals surface area contributed by atoms with E-state index in [1.807, 2.05) is 74.8 Å². The molecule has 0 radical (unpaired) electrons. The van der Waals surface area contributed by atoms with Crippen LogP contribution in [0, 0.1) is 0 Å². The summed E-state index contributed by atoms with van der Waals surface area (Å²) in [6, 6.07) is 8.05. The molecule has 0 bridgehead atoms. The molecule has 1 atom stereocenters. The molecule has 1 unspecified atom stereocenters. The number of aliphatic hydroxyl groups is 1. The minimum absolute atomic E-state index is 0.0690. The van der Waals surface area contributed by atoms with E-state index >= 15 is 0 Å². The molecule has 1 saturated heterocycles.